The zero-order chi connectivity index (χ0) is 27.3. The van der Waals surface area contributed by atoms with Gasteiger partial charge in [0.25, 0.3) is 0 Å². The molecule has 16 atom stereocenters. The van der Waals surface area contributed by atoms with Gasteiger partial charge in [-0.25, -0.2) is 0 Å². The van der Waals surface area contributed by atoms with Crippen molar-refractivity contribution < 1.29 is 44.2 Å². The van der Waals surface area contributed by atoms with Crippen molar-refractivity contribution in [1.29, 1.82) is 0 Å². The summed E-state index contributed by atoms with van der Waals surface area (Å²) in [7, 11) is 0. The maximum absolute atomic E-state index is 13.9. The van der Waals surface area contributed by atoms with E-state index in [1.54, 1.807) is 6.92 Å². The van der Waals surface area contributed by atoms with Crippen LogP contribution in [0.2, 0.25) is 0 Å². The van der Waals surface area contributed by atoms with Gasteiger partial charge in [0.2, 0.25) is 0 Å². The highest BCUT2D eigenvalue weighted by Crippen LogP contribution is 2.54. The summed E-state index contributed by atoms with van der Waals surface area (Å²) in [6.45, 7) is 11.6. The summed E-state index contributed by atoms with van der Waals surface area (Å²) in [6, 6.07) is 0. The molecule has 0 radical (unpaired) electrons. The van der Waals surface area contributed by atoms with E-state index in [0.717, 1.165) is 19.3 Å². The molecule has 0 aromatic heterocycles. The molecule has 2 heterocycles. The minimum absolute atomic E-state index is 0.0319. The van der Waals surface area contributed by atoms with E-state index in [4.69, 9.17) is 14.2 Å². The highest BCUT2D eigenvalue weighted by molar-refractivity contribution is 5.88. The Hall–Kier alpha value is -1.10. The van der Waals surface area contributed by atoms with Gasteiger partial charge in [-0.15, -0.1) is 0 Å². The van der Waals surface area contributed by atoms with Crippen LogP contribution in [0.5, 0.6) is 0 Å². The standard InChI is InChI=1S/C28H46O9/c1-11-7-12(2)20-17(8-11)22(30)15(5)19-13(3)9-14(4)26(37-27(34)21(19)20)16(6)35-28-25(33)24(32)23(31)18(10-29)36-28/h11-21,23-26,28-29,31-33H,7-10H2,1-6H3/t11-,12+,13+,14-,15+,16-,17-,18-,19-,20-,21-,23-,24+,25-,26-,28-/m1/s1. The van der Waals surface area contributed by atoms with Gasteiger partial charge in [-0.05, 0) is 61.7 Å². The number of fused-ring (bicyclic) bond motifs is 3. The monoisotopic (exact) mass is 526 g/mol. The first kappa shape index (κ1) is 28.9. The van der Waals surface area contributed by atoms with Crippen LogP contribution in [-0.4, -0.2) is 81.7 Å². The van der Waals surface area contributed by atoms with Gasteiger partial charge < -0.3 is 34.6 Å². The first-order valence-corrected chi connectivity index (χ1v) is 14.1. The molecule has 212 valence electrons. The lowest BCUT2D eigenvalue weighted by atomic mass is 9.51. The Labute approximate surface area is 219 Å². The van der Waals surface area contributed by atoms with Gasteiger partial charge in [0.05, 0.1) is 18.6 Å². The number of aliphatic hydroxyl groups is 4. The quantitative estimate of drug-likeness (QED) is 0.401. The first-order valence-electron chi connectivity index (χ1n) is 14.1. The van der Waals surface area contributed by atoms with Crippen LogP contribution in [0.4, 0.5) is 0 Å². The minimum atomic E-state index is -1.55. The molecule has 0 bridgehead atoms. The number of ether oxygens (including phenoxy) is 3. The zero-order valence-electron chi connectivity index (χ0n) is 22.9. The number of rotatable bonds is 4. The van der Waals surface area contributed by atoms with E-state index >= 15 is 0 Å². The second kappa shape index (κ2) is 11.2. The summed E-state index contributed by atoms with van der Waals surface area (Å²) in [5, 5.41) is 40.2. The number of hydrogen-bond acceptors (Lipinski definition) is 9. The van der Waals surface area contributed by atoms with Gasteiger partial charge in [0.15, 0.2) is 6.29 Å². The normalized spacial score (nSPS) is 51.8. The molecule has 4 fully saturated rings. The van der Waals surface area contributed by atoms with E-state index in [2.05, 4.69) is 20.8 Å². The molecule has 2 saturated heterocycles. The second-order valence-electron chi connectivity index (χ2n) is 12.7. The van der Waals surface area contributed by atoms with Crippen molar-refractivity contribution in [2.75, 3.05) is 6.61 Å². The molecule has 9 heteroatoms. The van der Waals surface area contributed by atoms with Crippen LogP contribution < -0.4 is 0 Å². The smallest absolute Gasteiger partial charge is 0.309 e. The lowest BCUT2D eigenvalue weighted by Gasteiger charge is -2.53. The summed E-state index contributed by atoms with van der Waals surface area (Å²) >= 11 is 0. The SMILES string of the molecule is C[C@@H]1C[C@H](C)[C@H]2[C@@H]3C(=O)O[C@@H]([C@@H](C)O[C@@H]4O[C@H](CO)[C@@H](O)[C@H](O)[C@H]4O)[C@H](C)C[C@H](C)[C@@H]3[C@H](C)C(=O)[C@@H]2C1. The van der Waals surface area contributed by atoms with Crippen LogP contribution in [0.3, 0.4) is 0 Å². The summed E-state index contributed by atoms with van der Waals surface area (Å²) in [6.07, 6.45) is -5.71. The van der Waals surface area contributed by atoms with E-state index in [1.165, 1.54) is 0 Å². The number of hydrogen-bond donors (Lipinski definition) is 4. The predicted octanol–water partition coefficient (Wildman–Crippen LogP) is 1.53. The van der Waals surface area contributed by atoms with Gasteiger partial charge >= 0.3 is 5.97 Å². The summed E-state index contributed by atoms with van der Waals surface area (Å²) in [5.74, 6) is -0.0269. The van der Waals surface area contributed by atoms with E-state index < -0.39 is 49.5 Å². The van der Waals surface area contributed by atoms with Crippen LogP contribution in [0.1, 0.15) is 60.8 Å². The number of carbonyl (C=O) groups is 2. The van der Waals surface area contributed by atoms with Crippen molar-refractivity contribution in [3.05, 3.63) is 0 Å². The third kappa shape index (κ3) is 5.24. The molecule has 4 rings (SSSR count). The van der Waals surface area contributed by atoms with Crippen molar-refractivity contribution in [3.63, 3.8) is 0 Å². The fourth-order valence-corrected chi connectivity index (χ4v) is 8.28. The molecular formula is C28H46O9. The Balaban J connectivity index is 1.57. The molecule has 37 heavy (non-hydrogen) atoms. The van der Waals surface area contributed by atoms with Crippen molar-refractivity contribution in [3.8, 4) is 0 Å². The van der Waals surface area contributed by atoms with Crippen LogP contribution in [0, 0.1) is 53.3 Å². The fraction of sp³-hybridized carbons (Fsp3) is 0.929. The average molecular weight is 527 g/mol. The third-order valence-electron chi connectivity index (χ3n) is 9.92. The minimum Gasteiger partial charge on any atom is -0.459 e. The number of ketones is 1. The van der Waals surface area contributed by atoms with Gasteiger partial charge in [0, 0.05) is 11.8 Å². The molecule has 2 aliphatic heterocycles. The molecule has 4 N–H and O–H groups in total. The van der Waals surface area contributed by atoms with E-state index in [0.29, 0.717) is 11.7 Å². The summed E-state index contributed by atoms with van der Waals surface area (Å²) in [4.78, 5) is 27.4. The molecule has 0 unspecified atom stereocenters. The predicted molar refractivity (Wildman–Crippen MR) is 133 cm³/mol. The zero-order valence-corrected chi connectivity index (χ0v) is 22.9. The molecule has 2 aliphatic carbocycles. The van der Waals surface area contributed by atoms with Crippen molar-refractivity contribution in [2.24, 2.45) is 53.3 Å². The van der Waals surface area contributed by atoms with Crippen LogP contribution in [-0.2, 0) is 23.8 Å². The Morgan fingerprint density at radius 3 is 2.19 bits per heavy atom. The third-order valence-corrected chi connectivity index (χ3v) is 9.92. The number of carbonyl (C=O) groups excluding carboxylic acids is 2. The van der Waals surface area contributed by atoms with E-state index in [9.17, 15) is 30.0 Å². The lowest BCUT2D eigenvalue weighted by Crippen LogP contribution is -2.60. The highest BCUT2D eigenvalue weighted by Gasteiger charge is 2.57. The van der Waals surface area contributed by atoms with Crippen LogP contribution >= 0.6 is 0 Å². The van der Waals surface area contributed by atoms with Crippen LogP contribution in [0.15, 0.2) is 0 Å². The Morgan fingerprint density at radius 2 is 1.54 bits per heavy atom. The molecule has 0 aromatic rings. The fourth-order valence-electron chi connectivity index (χ4n) is 8.28. The number of Topliss-reactive ketones (excluding diaryl/α,β-unsaturated/α-hetero) is 1. The van der Waals surface area contributed by atoms with E-state index in [1.807, 2.05) is 13.8 Å². The molecule has 0 spiro atoms. The first-order chi connectivity index (χ1) is 17.4. The Kier molecular flexibility index (Phi) is 8.73. The number of aliphatic hydroxyl groups excluding tert-OH is 4. The molecule has 0 amide bonds. The maximum atomic E-state index is 13.9. The average Bonchev–Trinajstić information content (AvgIpc) is 2.83. The van der Waals surface area contributed by atoms with Crippen LogP contribution in [0.25, 0.3) is 0 Å². The Morgan fingerprint density at radius 1 is 0.892 bits per heavy atom. The van der Waals surface area contributed by atoms with Gasteiger partial charge in [-0.1, -0.05) is 34.6 Å². The number of cyclic esters (lactones) is 1. The highest BCUT2D eigenvalue weighted by atomic mass is 16.7. The number of esters is 1. The topological polar surface area (TPSA) is 143 Å². The van der Waals surface area contributed by atoms with Crippen molar-refractivity contribution in [1.82, 2.24) is 0 Å². The van der Waals surface area contributed by atoms with E-state index in [-0.39, 0.29) is 53.3 Å². The summed E-state index contributed by atoms with van der Waals surface area (Å²) in [5.41, 5.74) is 0. The largest absolute Gasteiger partial charge is 0.459 e. The van der Waals surface area contributed by atoms with Gasteiger partial charge in [-0.2, -0.15) is 0 Å². The molecule has 0 aromatic carbocycles. The van der Waals surface area contributed by atoms with Crippen molar-refractivity contribution in [2.45, 2.75) is 104 Å². The van der Waals surface area contributed by atoms with Crippen molar-refractivity contribution >= 4 is 11.8 Å². The molecule has 2 saturated carbocycles. The molecule has 4 aliphatic rings. The Bertz CT molecular complexity index is 830. The molecule has 9 nitrogen and oxygen atoms in total. The second-order valence-corrected chi connectivity index (χ2v) is 12.7. The van der Waals surface area contributed by atoms with Gasteiger partial charge in [0.1, 0.15) is 36.3 Å². The molecular weight excluding hydrogens is 480 g/mol. The maximum Gasteiger partial charge on any atom is 0.309 e. The summed E-state index contributed by atoms with van der Waals surface area (Å²) < 4.78 is 17.7. The lowest BCUT2D eigenvalue weighted by molar-refractivity contribution is -0.317. The van der Waals surface area contributed by atoms with Gasteiger partial charge in [-0.3, -0.25) is 9.59 Å².